The summed E-state index contributed by atoms with van der Waals surface area (Å²) in [5, 5.41) is 20.3. The van der Waals surface area contributed by atoms with Crippen molar-refractivity contribution in [3.05, 3.63) is 33.1 Å². The molecule has 0 atom stereocenters. The second kappa shape index (κ2) is 3.42. The molecule has 1 heterocycles. The van der Waals surface area contributed by atoms with Gasteiger partial charge in [0.15, 0.2) is 0 Å². The minimum atomic E-state index is 0.562. The third kappa shape index (κ3) is 1.29. The van der Waals surface area contributed by atoms with E-state index in [1.54, 1.807) is 11.4 Å². The molecule has 0 saturated heterocycles. The van der Waals surface area contributed by atoms with Crippen LogP contribution in [-0.2, 0) is 0 Å². The Balaban J connectivity index is 2.87. The highest BCUT2D eigenvalue weighted by Gasteiger charge is 2.07. The van der Waals surface area contributed by atoms with Gasteiger partial charge in [-0.2, -0.15) is 10.5 Å². The molecule has 0 aliphatic carbocycles. The van der Waals surface area contributed by atoms with Crippen molar-refractivity contribution < 1.29 is 0 Å². The monoisotopic (exact) mass is 262 g/mol. The molecule has 0 amide bonds. The van der Waals surface area contributed by atoms with E-state index in [4.69, 9.17) is 10.5 Å². The zero-order valence-electron chi connectivity index (χ0n) is 6.91. The lowest BCUT2D eigenvalue weighted by atomic mass is 10.1. The highest BCUT2D eigenvalue weighted by atomic mass is 79.9. The van der Waals surface area contributed by atoms with Crippen molar-refractivity contribution in [1.29, 1.82) is 10.5 Å². The largest absolute Gasteiger partial charge is 0.192 e. The molecule has 0 aliphatic rings. The first-order chi connectivity index (χ1) is 6.76. The van der Waals surface area contributed by atoms with Crippen LogP contribution in [0.4, 0.5) is 0 Å². The number of benzene rings is 1. The molecule has 0 bridgehead atoms. The fourth-order valence-electron chi connectivity index (χ4n) is 1.22. The number of nitriles is 2. The first-order valence-corrected chi connectivity index (χ1v) is 5.44. The maximum absolute atomic E-state index is 8.82. The molecule has 0 saturated carbocycles. The van der Waals surface area contributed by atoms with E-state index in [0.29, 0.717) is 11.1 Å². The Labute approximate surface area is 93.1 Å². The molecular weight excluding hydrogens is 260 g/mol. The summed E-state index contributed by atoms with van der Waals surface area (Å²) < 4.78 is 1.80. The molecule has 4 heteroatoms. The highest BCUT2D eigenvalue weighted by molar-refractivity contribution is 9.10. The van der Waals surface area contributed by atoms with Gasteiger partial charge in [0.1, 0.15) is 12.1 Å². The third-order valence-electron chi connectivity index (χ3n) is 1.90. The van der Waals surface area contributed by atoms with Crippen LogP contribution in [0.5, 0.6) is 0 Å². The van der Waals surface area contributed by atoms with Crippen molar-refractivity contribution in [2.75, 3.05) is 0 Å². The predicted octanol–water partition coefficient (Wildman–Crippen LogP) is 3.41. The summed E-state index contributed by atoms with van der Waals surface area (Å²) in [6, 6.07) is 7.80. The fraction of sp³-hybridized carbons (Fsp3) is 0. The number of hydrogen-bond donors (Lipinski definition) is 0. The van der Waals surface area contributed by atoms with Gasteiger partial charge in [-0.1, -0.05) is 0 Å². The summed E-state index contributed by atoms with van der Waals surface area (Å²) in [5.74, 6) is 0. The lowest BCUT2D eigenvalue weighted by Crippen LogP contribution is -1.77. The third-order valence-corrected chi connectivity index (χ3v) is 3.51. The van der Waals surface area contributed by atoms with Crippen LogP contribution < -0.4 is 0 Å². The smallest absolute Gasteiger partial charge is 0.101 e. The lowest BCUT2D eigenvalue weighted by molar-refractivity contribution is 1.48. The van der Waals surface area contributed by atoms with Gasteiger partial charge >= 0.3 is 0 Å². The molecule has 1 aromatic heterocycles. The quantitative estimate of drug-likeness (QED) is 0.731. The van der Waals surface area contributed by atoms with Gasteiger partial charge < -0.3 is 0 Å². The van der Waals surface area contributed by atoms with Gasteiger partial charge in [-0.15, -0.1) is 11.3 Å². The molecule has 0 spiro atoms. The van der Waals surface area contributed by atoms with Gasteiger partial charge in [-0.05, 0) is 28.1 Å². The molecule has 2 rings (SSSR count). The SMILES string of the molecule is N#Cc1cc2c(C#N)csc2cc1Br. The van der Waals surface area contributed by atoms with E-state index >= 15 is 0 Å². The summed E-state index contributed by atoms with van der Waals surface area (Å²) in [6.45, 7) is 0. The number of halogens is 1. The predicted molar refractivity (Wildman–Crippen MR) is 59.0 cm³/mol. The zero-order valence-corrected chi connectivity index (χ0v) is 9.32. The molecule has 0 unspecified atom stereocenters. The van der Waals surface area contributed by atoms with Crippen LogP contribution in [-0.4, -0.2) is 0 Å². The number of thiophene rings is 1. The Hall–Kier alpha value is -1.36. The maximum Gasteiger partial charge on any atom is 0.101 e. The first kappa shape index (κ1) is 9.21. The molecule has 2 aromatic rings. The molecule has 14 heavy (non-hydrogen) atoms. The lowest BCUT2D eigenvalue weighted by Gasteiger charge is -1.95. The topological polar surface area (TPSA) is 47.6 Å². The summed E-state index contributed by atoms with van der Waals surface area (Å²) in [6.07, 6.45) is 0. The summed E-state index contributed by atoms with van der Waals surface area (Å²) >= 11 is 4.82. The van der Waals surface area contributed by atoms with E-state index in [9.17, 15) is 0 Å². The van der Waals surface area contributed by atoms with Crippen molar-refractivity contribution >= 4 is 37.4 Å². The minimum Gasteiger partial charge on any atom is -0.192 e. The van der Waals surface area contributed by atoms with Crippen LogP contribution in [0.25, 0.3) is 10.1 Å². The van der Waals surface area contributed by atoms with Gasteiger partial charge in [-0.3, -0.25) is 0 Å². The van der Waals surface area contributed by atoms with E-state index in [1.165, 1.54) is 11.3 Å². The van der Waals surface area contributed by atoms with Gasteiger partial charge in [0, 0.05) is 19.9 Å². The van der Waals surface area contributed by atoms with Crippen LogP contribution in [0.1, 0.15) is 11.1 Å². The Bertz CT molecular complexity index is 586. The summed E-state index contributed by atoms with van der Waals surface area (Å²) in [5.41, 5.74) is 1.20. The van der Waals surface area contributed by atoms with Crippen molar-refractivity contribution in [2.45, 2.75) is 0 Å². The van der Waals surface area contributed by atoms with Crippen LogP contribution in [0.2, 0.25) is 0 Å². The minimum absolute atomic E-state index is 0.562. The molecular formula is C10H3BrN2S. The van der Waals surface area contributed by atoms with Crippen LogP contribution in [0.15, 0.2) is 22.0 Å². The second-order valence-electron chi connectivity index (χ2n) is 2.70. The number of rotatable bonds is 0. The van der Waals surface area contributed by atoms with Gasteiger partial charge in [0.25, 0.3) is 0 Å². The average molecular weight is 263 g/mol. The number of nitrogens with zero attached hydrogens (tertiary/aromatic N) is 2. The second-order valence-corrected chi connectivity index (χ2v) is 4.47. The van der Waals surface area contributed by atoms with E-state index in [0.717, 1.165) is 14.6 Å². The molecule has 66 valence electrons. The Morgan fingerprint density at radius 3 is 2.50 bits per heavy atom. The van der Waals surface area contributed by atoms with Crippen molar-refractivity contribution in [3.63, 3.8) is 0 Å². The molecule has 0 N–H and O–H groups in total. The van der Waals surface area contributed by atoms with Gasteiger partial charge in [0.05, 0.1) is 11.1 Å². The molecule has 0 aliphatic heterocycles. The highest BCUT2D eigenvalue weighted by Crippen LogP contribution is 2.30. The molecule has 0 fully saturated rings. The maximum atomic E-state index is 8.82. The number of hydrogen-bond acceptors (Lipinski definition) is 3. The van der Waals surface area contributed by atoms with Crippen LogP contribution in [0.3, 0.4) is 0 Å². The fourth-order valence-corrected chi connectivity index (χ4v) is 2.71. The van der Waals surface area contributed by atoms with Gasteiger partial charge in [0.2, 0.25) is 0 Å². The molecule has 2 nitrogen and oxygen atoms in total. The molecule has 1 aromatic carbocycles. The Kier molecular flexibility index (Phi) is 2.25. The van der Waals surface area contributed by atoms with E-state index in [2.05, 4.69) is 28.1 Å². The van der Waals surface area contributed by atoms with Crippen molar-refractivity contribution in [3.8, 4) is 12.1 Å². The molecule has 0 radical (unpaired) electrons. The average Bonchev–Trinajstić information content (AvgIpc) is 2.58. The Morgan fingerprint density at radius 1 is 1.14 bits per heavy atom. The van der Waals surface area contributed by atoms with Crippen LogP contribution >= 0.6 is 27.3 Å². The Morgan fingerprint density at radius 2 is 1.86 bits per heavy atom. The zero-order chi connectivity index (χ0) is 10.1. The van der Waals surface area contributed by atoms with E-state index < -0.39 is 0 Å². The normalized spacial score (nSPS) is 9.64. The summed E-state index contributed by atoms with van der Waals surface area (Å²) in [4.78, 5) is 0. The van der Waals surface area contributed by atoms with E-state index in [1.807, 2.05) is 6.07 Å². The van der Waals surface area contributed by atoms with Crippen LogP contribution in [0, 0.1) is 22.7 Å². The standard InChI is InChI=1S/C10H3BrN2S/c11-9-2-10-8(1-6(9)3-12)7(4-13)5-14-10/h1-2,5H. The van der Waals surface area contributed by atoms with Gasteiger partial charge in [-0.25, -0.2) is 0 Å². The summed E-state index contributed by atoms with van der Waals surface area (Å²) in [7, 11) is 0. The first-order valence-electron chi connectivity index (χ1n) is 3.77. The number of fused-ring (bicyclic) bond motifs is 1. The van der Waals surface area contributed by atoms with Crippen molar-refractivity contribution in [2.24, 2.45) is 0 Å². The van der Waals surface area contributed by atoms with Crippen molar-refractivity contribution in [1.82, 2.24) is 0 Å². The van der Waals surface area contributed by atoms with E-state index in [-0.39, 0.29) is 0 Å².